The van der Waals surface area contributed by atoms with Crippen LogP contribution in [-0.4, -0.2) is 12.0 Å². The van der Waals surface area contributed by atoms with Gasteiger partial charge in [0.25, 0.3) is 0 Å². The molecule has 0 amide bonds. The molecule has 0 aromatic rings. The quantitative estimate of drug-likeness (QED) is 0.235. The van der Waals surface area contributed by atoms with Gasteiger partial charge >= 0.3 is 0 Å². The molecule has 0 bridgehead atoms. The van der Waals surface area contributed by atoms with Crippen LogP contribution in [0.3, 0.4) is 0 Å². The van der Waals surface area contributed by atoms with Crippen LogP contribution in [0.4, 0.5) is 0 Å². The van der Waals surface area contributed by atoms with Crippen LogP contribution in [0, 0.1) is 16.9 Å². The molecule has 1 aliphatic carbocycles. The summed E-state index contributed by atoms with van der Waals surface area (Å²) in [5, 5.41) is 20.7. The lowest BCUT2D eigenvalue weighted by Gasteiger charge is -2.23. The number of nitrogens with zero attached hydrogens (tertiary/aromatic N) is 1. The molecule has 4 heteroatoms. The highest BCUT2D eigenvalue weighted by molar-refractivity contribution is 5.78. The predicted molar refractivity (Wildman–Crippen MR) is 46.5 cm³/mol. The van der Waals surface area contributed by atoms with Crippen molar-refractivity contribution < 1.29 is 0 Å². The van der Waals surface area contributed by atoms with Gasteiger partial charge in [-0.2, -0.15) is 5.26 Å². The van der Waals surface area contributed by atoms with Gasteiger partial charge in [-0.3, -0.25) is 10.7 Å². The maximum absolute atomic E-state index is 8.22. The van der Waals surface area contributed by atoms with Gasteiger partial charge in [0, 0.05) is 6.04 Å². The van der Waals surface area contributed by atoms with Crippen LogP contribution in [0.25, 0.3) is 0 Å². The molecule has 12 heavy (non-hydrogen) atoms. The molecule has 0 aromatic carbocycles. The molecule has 0 radical (unpaired) electrons. The van der Waals surface area contributed by atoms with Crippen molar-refractivity contribution in [3.63, 3.8) is 0 Å². The Kier molecular flexibility index (Phi) is 3.39. The van der Waals surface area contributed by atoms with Crippen molar-refractivity contribution in [2.24, 2.45) is 0 Å². The normalized spacial score (nSPS) is 17.9. The highest BCUT2D eigenvalue weighted by atomic mass is 15.1. The average molecular weight is 166 g/mol. The monoisotopic (exact) mass is 166 g/mol. The lowest BCUT2D eigenvalue weighted by Crippen LogP contribution is -2.41. The van der Waals surface area contributed by atoms with Crippen molar-refractivity contribution in [3.05, 3.63) is 0 Å². The summed E-state index contributed by atoms with van der Waals surface area (Å²) < 4.78 is 0. The summed E-state index contributed by atoms with van der Waals surface area (Å²) >= 11 is 0. The molecule has 0 aromatic heterocycles. The second-order valence-electron chi connectivity index (χ2n) is 3.09. The van der Waals surface area contributed by atoms with Gasteiger partial charge in [-0.1, -0.05) is 19.3 Å². The number of nitrogens with one attached hydrogen (secondary N) is 3. The molecule has 66 valence electrons. The zero-order valence-electron chi connectivity index (χ0n) is 7.06. The topological polar surface area (TPSA) is 71.7 Å². The summed E-state index contributed by atoms with van der Waals surface area (Å²) in [6, 6.07) is 0.395. The van der Waals surface area contributed by atoms with Gasteiger partial charge in [0.2, 0.25) is 5.96 Å². The molecule has 3 N–H and O–H groups in total. The highest BCUT2D eigenvalue weighted by Gasteiger charge is 2.13. The fourth-order valence-corrected chi connectivity index (χ4v) is 1.54. The Labute approximate surface area is 72.5 Å². The van der Waals surface area contributed by atoms with Gasteiger partial charge in [-0.15, -0.1) is 0 Å². The Morgan fingerprint density at radius 3 is 2.58 bits per heavy atom. The van der Waals surface area contributed by atoms with Gasteiger partial charge in [-0.25, -0.2) is 0 Å². The first-order chi connectivity index (χ1) is 5.83. The van der Waals surface area contributed by atoms with Crippen molar-refractivity contribution in [3.8, 4) is 6.19 Å². The standard InChI is InChI=1S/C8H14N4/c9-6-11-8(10)12-7-4-2-1-3-5-7/h7H,1-5H2,(H3,10,11,12). The van der Waals surface area contributed by atoms with Gasteiger partial charge in [0.15, 0.2) is 6.19 Å². The van der Waals surface area contributed by atoms with Crippen LogP contribution in [0.5, 0.6) is 0 Å². The average Bonchev–Trinajstić information content (AvgIpc) is 2.06. The minimum Gasteiger partial charge on any atom is -0.353 e. The zero-order chi connectivity index (χ0) is 8.81. The number of hydrogen-bond acceptors (Lipinski definition) is 2. The molecule has 1 fully saturated rings. The third-order valence-corrected chi connectivity index (χ3v) is 2.13. The fourth-order valence-electron chi connectivity index (χ4n) is 1.54. The molecule has 0 atom stereocenters. The lowest BCUT2D eigenvalue weighted by molar-refractivity contribution is 0.411. The summed E-state index contributed by atoms with van der Waals surface area (Å²) in [5.41, 5.74) is 0. The number of guanidine groups is 1. The maximum atomic E-state index is 8.22. The van der Waals surface area contributed by atoms with Crippen molar-refractivity contribution in [2.45, 2.75) is 38.1 Å². The summed E-state index contributed by atoms with van der Waals surface area (Å²) in [6.07, 6.45) is 7.73. The molecule has 0 saturated heterocycles. The van der Waals surface area contributed by atoms with Crippen molar-refractivity contribution in [1.82, 2.24) is 10.6 Å². The second kappa shape index (κ2) is 4.60. The first-order valence-electron chi connectivity index (χ1n) is 4.33. The Balaban J connectivity index is 2.21. The van der Waals surface area contributed by atoms with Crippen LogP contribution < -0.4 is 10.6 Å². The minimum atomic E-state index is 0.129. The third-order valence-electron chi connectivity index (χ3n) is 2.13. The van der Waals surface area contributed by atoms with Crippen LogP contribution in [0.2, 0.25) is 0 Å². The van der Waals surface area contributed by atoms with Gasteiger partial charge in [0.05, 0.1) is 0 Å². The largest absolute Gasteiger partial charge is 0.353 e. The lowest BCUT2D eigenvalue weighted by atomic mass is 9.96. The Bertz CT molecular complexity index is 188. The van der Waals surface area contributed by atoms with Gasteiger partial charge < -0.3 is 5.32 Å². The summed E-state index contributed by atoms with van der Waals surface area (Å²) in [4.78, 5) is 0. The molecule has 1 aliphatic rings. The first kappa shape index (κ1) is 8.85. The first-order valence-corrected chi connectivity index (χ1v) is 4.33. The Hall–Kier alpha value is -1.24. The van der Waals surface area contributed by atoms with E-state index in [1.54, 1.807) is 6.19 Å². The smallest absolute Gasteiger partial charge is 0.202 e. The van der Waals surface area contributed by atoms with E-state index >= 15 is 0 Å². The molecule has 1 saturated carbocycles. The van der Waals surface area contributed by atoms with E-state index in [-0.39, 0.29) is 5.96 Å². The molecule has 0 aliphatic heterocycles. The van der Waals surface area contributed by atoms with Crippen LogP contribution in [-0.2, 0) is 0 Å². The molecule has 1 rings (SSSR count). The van der Waals surface area contributed by atoms with Gasteiger partial charge in [0.1, 0.15) is 0 Å². The van der Waals surface area contributed by atoms with E-state index in [1.165, 1.54) is 19.3 Å². The van der Waals surface area contributed by atoms with E-state index in [9.17, 15) is 0 Å². The Morgan fingerprint density at radius 2 is 2.00 bits per heavy atom. The van der Waals surface area contributed by atoms with E-state index in [1.807, 2.05) is 0 Å². The van der Waals surface area contributed by atoms with E-state index in [0.717, 1.165) is 12.8 Å². The van der Waals surface area contributed by atoms with Gasteiger partial charge in [-0.05, 0) is 12.8 Å². The van der Waals surface area contributed by atoms with Crippen LogP contribution >= 0.6 is 0 Å². The number of nitriles is 1. The van der Waals surface area contributed by atoms with Crippen LogP contribution in [0.1, 0.15) is 32.1 Å². The second-order valence-corrected chi connectivity index (χ2v) is 3.09. The molecule has 0 heterocycles. The SMILES string of the molecule is N#CNC(=N)NC1CCCCC1. The fraction of sp³-hybridized carbons (Fsp3) is 0.750. The minimum absolute atomic E-state index is 0.129. The van der Waals surface area contributed by atoms with Crippen LogP contribution in [0.15, 0.2) is 0 Å². The molecule has 4 nitrogen and oxygen atoms in total. The van der Waals surface area contributed by atoms with E-state index in [4.69, 9.17) is 10.7 Å². The predicted octanol–water partition coefficient (Wildman–Crippen LogP) is 0.914. The maximum Gasteiger partial charge on any atom is 0.202 e. The third kappa shape index (κ3) is 2.79. The van der Waals surface area contributed by atoms with Crippen molar-refractivity contribution in [2.75, 3.05) is 0 Å². The summed E-state index contributed by atoms with van der Waals surface area (Å²) in [6.45, 7) is 0. The van der Waals surface area contributed by atoms with Crippen molar-refractivity contribution in [1.29, 1.82) is 10.7 Å². The van der Waals surface area contributed by atoms with E-state index < -0.39 is 0 Å². The van der Waals surface area contributed by atoms with E-state index in [0.29, 0.717) is 6.04 Å². The summed E-state index contributed by atoms with van der Waals surface area (Å²) in [5.74, 6) is 0.129. The molecule has 0 unspecified atom stereocenters. The molecular weight excluding hydrogens is 152 g/mol. The number of hydrogen-bond donors (Lipinski definition) is 3. The number of rotatable bonds is 1. The zero-order valence-corrected chi connectivity index (χ0v) is 7.06. The molecular formula is C8H14N4. The highest BCUT2D eigenvalue weighted by Crippen LogP contribution is 2.16. The molecule has 0 spiro atoms. The summed E-state index contributed by atoms with van der Waals surface area (Å²) in [7, 11) is 0. The van der Waals surface area contributed by atoms with E-state index in [2.05, 4.69) is 10.6 Å². The van der Waals surface area contributed by atoms with Crippen molar-refractivity contribution >= 4 is 5.96 Å². The Morgan fingerprint density at radius 1 is 1.33 bits per heavy atom.